The first-order chi connectivity index (χ1) is 3.80. The van der Waals surface area contributed by atoms with Gasteiger partial charge in [-0.25, -0.2) is 0 Å². The molecule has 0 aromatic heterocycles. The van der Waals surface area contributed by atoms with E-state index in [1.807, 2.05) is 0 Å². The van der Waals surface area contributed by atoms with Crippen LogP contribution in [0.15, 0.2) is 0 Å². The van der Waals surface area contributed by atoms with Gasteiger partial charge in [0.2, 0.25) is 0 Å². The fourth-order valence-corrected chi connectivity index (χ4v) is 0.886. The largest absolute Gasteiger partial charge is 1.00 e. The predicted octanol–water partition coefficient (Wildman–Crippen LogP) is -4.51. The molecule has 9 heavy (non-hydrogen) atoms. The second kappa shape index (κ2) is 5.17. The van der Waals surface area contributed by atoms with Crippen molar-refractivity contribution in [3.63, 3.8) is 0 Å². The maximum Gasteiger partial charge on any atom is 1.00 e. The first-order valence-electron chi connectivity index (χ1n) is 2.75. The van der Waals surface area contributed by atoms with E-state index in [4.69, 9.17) is 0 Å². The van der Waals surface area contributed by atoms with Crippen LogP contribution >= 0.6 is 0 Å². The summed E-state index contributed by atoms with van der Waals surface area (Å²) in [5.41, 5.74) is 0. The minimum absolute atomic E-state index is 0. The fourth-order valence-electron chi connectivity index (χ4n) is 0.886. The van der Waals surface area contributed by atoms with Gasteiger partial charge in [-0.15, -0.1) is 0 Å². The summed E-state index contributed by atoms with van der Waals surface area (Å²) >= 11 is 0. The molecule has 1 heterocycles. The number of rotatable bonds is 1. The van der Waals surface area contributed by atoms with Crippen LogP contribution in [-0.4, -0.2) is 18.6 Å². The fraction of sp³-hybridized carbons (Fsp3) is 0.800. The Morgan fingerprint density at radius 2 is 2.33 bits per heavy atom. The van der Waals surface area contributed by atoms with Crippen LogP contribution in [0.4, 0.5) is 0 Å². The third kappa shape index (κ3) is 3.41. The van der Waals surface area contributed by atoms with Crippen LogP contribution in [0.2, 0.25) is 0 Å². The van der Waals surface area contributed by atoms with Crippen molar-refractivity contribution in [1.82, 2.24) is 5.32 Å². The number of carboxylic acid groups (broad SMARTS) is 1. The van der Waals surface area contributed by atoms with Gasteiger partial charge < -0.3 is 15.2 Å². The van der Waals surface area contributed by atoms with Crippen LogP contribution in [0.3, 0.4) is 0 Å². The molecular weight excluding hydrogens is 239 g/mol. The van der Waals surface area contributed by atoms with Gasteiger partial charge in [0.1, 0.15) is 0 Å². The van der Waals surface area contributed by atoms with Crippen molar-refractivity contribution in [2.24, 2.45) is 0 Å². The van der Waals surface area contributed by atoms with Crippen LogP contribution in [0, 0.1) is 0 Å². The molecule has 3 nitrogen and oxygen atoms in total. The number of hydrogen-bond acceptors (Lipinski definition) is 3. The van der Waals surface area contributed by atoms with Gasteiger partial charge in [0, 0.05) is 6.04 Å². The normalized spacial score (nSPS) is 25.1. The number of carbonyl (C=O) groups excluding carboxylic acids is 1. The molecule has 1 saturated heterocycles. The quantitative estimate of drug-likeness (QED) is 0.508. The second-order valence-corrected chi connectivity index (χ2v) is 1.97. The van der Waals surface area contributed by atoms with Gasteiger partial charge in [-0.1, -0.05) is 0 Å². The van der Waals surface area contributed by atoms with E-state index < -0.39 is 5.97 Å². The summed E-state index contributed by atoms with van der Waals surface area (Å²) in [5, 5.41) is 12.8. The van der Waals surface area contributed by atoms with E-state index in [2.05, 4.69) is 5.32 Å². The number of nitrogens with one attached hydrogen (secondary N) is 1. The van der Waals surface area contributed by atoms with Crippen molar-refractivity contribution in [2.45, 2.75) is 18.9 Å². The van der Waals surface area contributed by atoms with Crippen molar-refractivity contribution < 1.29 is 78.8 Å². The number of hydrogen-bond donors (Lipinski definition) is 1. The SMILES string of the molecule is O=C([O-])[C@@H]1CCCN1.[Cs+]. The Balaban J connectivity index is 0.000000640. The number of aliphatic carboxylic acids is 1. The molecule has 0 amide bonds. The Kier molecular flexibility index (Phi) is 6.03. The molecule has 1 aliphatic heterocycles. The zero-order valence-electron chi connectivity index (χ0n) is 5.52. The summed E-state index contributed by atoms with van der Waals surface area (Å²) in [5.74, 6) is -0.970. The minimum atomic E-state index is -0.970. The molecule has 4 heteroatoms. The first kappa shape index (κ1) is 10.5. The maximum atomic E-state index is 10.0. The Hall–Kier alpha value is 1.48. The van der Waals surface area contributed by atoms with Crippen LogP contribution in [0.5, 0.6) is 0 Å². The van der Waals surface area contributed by atoms with Gasteiger partial charge in [0.25, 0.3) is 0 Å². The van der Waals surface area contributed by atoms with Gasteiger partial charge in [-0.2, -0.15) is 0 Å². The molecule has 0 aliphatic carbocycles. The van der Waals surface area contributed by atoms with Crippen LogP contribution < -0.4 is 79.3 Å². The molecule has 1 aliphatic rings. The minimum Gasteiger partial charge on any atom is -0.548 e. The topological polar surface area (TPSA) is 52.2 Å². The number of carbonyl (C=O) groups is 1. The van der Waals surface area contributed by atoms with Crippen LogP contribution in [0.1, 0.15) is 12.8 Å². The summed E-state index contributed by atoms with van der Waals surface area (Å²) in [6, 6.07) is -0.380. The molecule has 0 saturated carbocycles. The van der Waals surface area contributed by atoms with Crippen molar-refractivity contribution in [3.05, 3.63) is 0 Å². The molecule has 46 valence electrons. The second-order valence-electron chi connectivity index (χ2n) is 1.97. The van der Waals surface area contributed by atoms with Gasteiger partial charge >= 0.3 is 68.9 Å². The van der Waals surface area contributed by atoms with Crippen molar-refractivity contribution in [3.8, 4) is 0 Å². The molecule has 1 fully saturated rings. The summed E-state index contributed by atoms with van der Waals surface area (Å²) in [6.07, 6.45) is 1.68. The van der Waals surface area contributed by atoms with E-state index >= 15 is 0 Å². The molecule has 0 bridgehead atoms. The molecule has 0 spiro atoms. The van der Waals surface area contributed by atoms with Crippen molar-refractivity contribution >= 4 is 5.97 Å². The monoisotopic (exact) mass is 247 g/mol. The molecule has 1 atom stereocenters. The van der Waals surface area contributed by atoms with E-state index in [0.717, 1.165) is 19.4 Å². The van der Waals surface area contributed by atoms with Gasteiger partial charge in [-0.3, -0.25) is 0 Å². The average Bonchev–Trinajstić information content (AvgIpc) is 2.12. The zero-order valence-corrected chi connectivity index (χ0v) is 11.8. The molecule has 1 rings (SSSR count). The van der Waals surface area contributed by atoms with E-state index in [-0.39, 0.29) is 74.9 Å². The third-order valence-corrected chi connectivity index (χ3v) is 1.34. The van der Waals surface area contributed by atoms with Gasteiger partial charge in [0.05, 0.1) is 5.97 Å². The molecule has 0 radical (unpaired) electrons. The Morgan fingerprint density at radius 1 is 1.67 bits per heavy atom. The molecular formula is C5H8CsNO2. The van der Waals surface area contributed by atoms with Crippen LogP contribution in [0.25, 0.3) is 0 Å². The summed E-state index contributed by atoms with van der Waals surface area (Å²) < 4.78 is 0. The predicted molar refractivity (Wildman–Crippen MR) is 26.0 cm³/mol. The third-order valence-electron chi connectivity index (χ3n) is 1.34. The van der Waals surface area contributed by atoms with Gasteiger partial charge in [-0.05, 0) is 19.4 Å². The Labute approximate surface area is 113 Å². The number of carboxylic acids is 1. The van der Waals surface area contributed by atoms with E-state index in [1.165, 1.54) is 0 Å². The molecule has 1 N–H and O–H groups in total. The first-order valence-corrected chi connectivity index (χ1v) is 2.75. The molecule has 0 unspecified atom stereocenters. The summed E-state index contributed by atoms with van der Waals surface area (Å²) in [4.78, 5) is 10.0. The van der Waals surface area contributed by atoms with Gasteiger partial charge in [0.15, 0.2) is 0 Å². The van der Waals surface area contributed by atoms with E-state index in [9.17, 15) is 9.90 Å². The zero-order chi connectivity index (χ0) is 5.98. The summed E-state index contributed by atoms with van der Waals surface area (Å²) in [7, 11) is 0. The molecule has 0 aromatic rings. The molecule has 0 aromatic carbocycles. The van der Waals surface area contributed by atoms with Crippen molar-refractivity contribution in [1.29, 1.82) is 0 Å². The standard InChI is InChI=1S/C5H9NO2.Cs/c7-5(8)4-2-1-3-6-4;/h4,6H,1-3H2,(H,7,8);/q;+1/p-1/t4-;/m0./s1. The smallest absolute Gasteiger partial charge is 0.548 e. The maximum absolute atomic E-state index is 10.0. The van der Waals surface area contributed by atoms with Crippen LogP contribution in [-0.2, 0) is 4.79 Å². The Bertz CT molecular complexity index is 101. The summed E-state index contributed by atoms with van der Waals surface area (Å²) in [6.45, 7) is 0.818. The Morgan fingerprint density at radius 3 is 2.56 bits per heavy atom. The van der Waals surface area contributed by atoms with Crippen molar-refractivity contribution in [2.75, 3.05) is 6.54 Å². The van der Waals surface area contributed by atoms with E-state index in [0.29, 0.717) is 0 Å². The van der Waals surface area contributed by atoms with E-state index in [1.54, 1.807) is 0 Å². The average molecular weight is 247 g/mol.